The first-order valence-corrected chi connectivity index (χ1v) is 9.84. The van der Waals surface area contributed by atoms with Crippen molar-refractivity contribution in [3.05, 3.63) is 59.8 Å². The van der Waals surface area contributed by atoms with Gasteiger partial charge in [0.05, 0.1) is 14.2 Å². The smallest absolute Gasteiger partial charge is 0.220 e. The normalized spacial score (nSPS) is 13.1. The second-order valence-corrected chi connectivity index (χ2v) is 7.24. The summed E-state index contributed by atoms with van der Waals surface area (Å²) in [6.07, 6.45) is 3.07. The molecular formula is C23H29N3O3. The van der Waals surface area contributed by atoms with Gasteiger partial charge in [0, 0.05) is 47.6 Å². The minimum Gasteiger partial charge on any atom is -0.493 e. The van der Waals surface area contributed by atoms with Crippen LogP contribution >= 0.6 is 0 Å². The zero-order valence-electron chi connectivity index (χ0n) is 17.2. The van der Waals surface area contributed by atoms with E-state index in [9.17, 15) is 4.79 Å². The molecule has 0 aliphatic carbocycles. The molecule has 0 fully saturated rings. The van der Waals surface area contributed by atoms with Gasteiger partial charge in [-0.3, -0.25) is 4.79 Å². The van der Waals surface area contributed by atoms with Crippen molar-refractivity contribution < 1.29 is 14.3 Å². The Hall–Kier alpha value is -2.99. The van der Waals surface area contributed by atoms with Gasteiger partial charge in [-0.2, -0.15) is 0 Å². The maximum atomic E-state index is 12.4. The lowest BCUT2D eigenvalue weighted by Crippen LogP contribution is -2.30. The summed E-state index contributed by atoms with van der Waals surface area (Å²) in [5, 5.41) is 4.19. The molecule has 1 aromatic heterocycles. The fraction of sp³-hybridized carbons (Fsp3) is 0.348. The summed E-state index contributed by atoms with van der Waals surface area (Å²) >= 11 is 0. The summed E-state index contributed by atoms with van der Waals surface area (Å²) < 4.78 is 11.2. The number of H-pyrrole nitrogens is 1. The van der Waals surface area contributed by atoms with Crippen LogP contribution in [-0.2, 0) is 4.79 Å². The van der Waals surface area contributed by atoms with E-state index in [4.69, 9.17) is 15.2 Å². The number of ether oxygens (including phenoxy) is 2. The van der Waals surface area contributed by atoms with Crippen molar-refractivity contribution in [1.29, 1.82) is 0 Å². The van der Waals surface area contributed by atoms with Gasteiger partial charge in [0.15, 0.2) is 11.5 Å². The molecule has 0 saturated heterocycles. The summed E-state index contributed by atoms with van der Waals surface area (Å²) in [5.74, 6) is 1.23. The van der Waals surface area contributed by atoms with Crippen molar-refractivity contribution in [3.8, 4) is 11.5 Å². The van der Waals surface area contributed by atoms with Crippen LogP contribution in [-0.4, -0.2) is 37.7 Å². The van der Waals surface area contributed by atoms with Crippen LogP contribution in [0.15, 0.2) is 48.7 Å². The van der Waals surface area contributed by atoms with Crippen molar-refractivity contribution in [2.75, 3.05) is 20.8 Å². The quantitative estimate of drug-likeness (QED) is 0.517. The van der Waals surface area contributed by atoms with Gasteiger partial charge in [-0.1, -0.05) is 30.3 Å². The molecule has 0 bridgehead atoms. The van der Waals surface area contributed by atoms with E-state index in [1.54, 1.807) is 14.2 Å². The van der Waals surface area contributed by atoms with Crippen LogP contribution in [0, 0.1) is 0 Å². The minimum atomic E-state index is -0.101. The molecule has 1 heterocycles. The SMILES string of the molecule is COc1cccc(C(CNC(=O)CCC(C)N)c2c[nH]c3ccccc23)c1OC. The Balaban J connectivity index is 1.98. The standard InChI is InChI=1S/C23H29N3O3/c1-15(24)11-12-22(27)26-14-19(17-8-6-10-21(28-2)23(17)29-3)18-13-25-20-9-5-4-7-16(18)20/h4-10,13,15,19,25H,11-12,14,24H2,1-3H3,(H,26,27). The molecule has 2 unspecified atom stereocenters. The number of hydrogen-bond acceptors (Lipinski definition) is 4. The number of carbonyl (C=O) groups excluding carboxylic acids is 1. The highest BCUT2D eigenvalue weighted by Gasteiger charge is 2.24. The zero-order valence-corrected chi connectivity index (χ0v) is 17.2. The maximum Gasteiger partial charge on any atom is 0.220 e. The number of methoxy groups -OCH3 is 2. The Bertz CT molecular complexity index is 965. The van der Waals surface area contributed by atoms with Gasteiger partial charge in [0.25, 0.3) is 0 Å². The van der Waals surface area contributed by atoms with Gasteiger partial charge in [-0.05, 0) is 31.0 Å². The number of nitrogens with two attached hydrogens (primary N) is 1. The van der Waals surface area contributed by atoms with E-state index in [1.807, 2.05) is 49.5 Å². The van der Waals surface area contributed by atoms with E-state index in [1.165, 1.54) is 0 Å². The average Bonchev–Trinajstić information content (AvgIpc) is 3.16. The molecule has 0 spiro atoms. The molecule has 3 rings (SSSR count). The fourth-order valence-electron chi connectivity index (χ4n) is 3.62. The first kappa shape index (κ1) is 20.7. The topological polar surface area (TPSA) is 89.4 Å². The Morgan fingerprint density at radius 3 is 2.62 bits per heavy atom. The molecule has 0 saturated carbocycles. The van der Waals surface area contributed by atoms with Gasteiger partial charge < -0.3 is 25.5 Å². The summed E-state index contributed by atoms with van der Waals surface area (Å²) in [7, 11) is 3.26. The van der Waals surface area contributed by atoms with Gasteiger partial charge in [-0.25, -0.2) is 0 Å². The summed E-state index contributed by atoms with van der Waals surface area (Å²) in [6, 6.07) is 14.0. The third kappa shape index (κ3) is 4.71. The molecular weight excluding hydrogens is 366 g/mol. The van der Waals surface area contributed by atoms with Crippen LogP contribution < -0.4 is 20.5 Å². The van der Waals surface area contributed by atoms with E-state index < -0.39 is 0 Å². The first-order chi connectivity index (χ1) is 14.0. The van der Waals surface area contributed by atoms with Crippen molar-refractivity contribution in [2.45, 2.75) is 31.7 Å². The maximum absolute atomic E-state index is 12.4. The number of carbonyl (C=O) groups is 1. The molecule has 6 heteroatoms. The number of aromatic amines is 1. The van der Waals surface area contributed by atoms with Crippen LogP contribution in [0.1, 0.15) is 36.8 Å². The molecule has 2 atom stereocenters. The van der Waals surface area contributed by atoms with Crippen LogP contribution in [0.5, 0.6) is 11.5 Å². The third-order valence-electron chi connectivity index (χ3n) is 5.14. The molecule has 0 aliphatic rings. The van der Waals surface area contributed by atoms with Gasteiger partial charge in [-0.15, -0.1) is 0 Å². The van der Waals surface area contributed by atoms with Crippen LogP contribution in [0.25, 0.3) is 10.9 Å². The van der Waals surface area contributed by atoms with E-state index >= 15 is 0 Å². The lowest BCUT2D eigenvalue weighted by atomic mass is 9.89. The number of benzene rings is 2. The van der Waals surface area contributed by atoms with E-state index in [0.29, 0.717) is 30.9 Å². The Kier molecular flexibility index (Phi) is 6.77. The summed E-state index contributed by atoms with van der Waals surface area (Å²) in [5.41, 5.74) is 8.89. The number of hydrogen-bond donors (Lipinski definition) is 3. The molecule has 6 nitrogen and oxygen atoms in total. The monoisotopic (exact) mass is 395 g/mol. The summed E-state index contributed by atoms with van der Waals surface area (Å²) in [6.45, 7) is 2.35. The molecule has 1 amide bonds. The molecule has 0 radical (unpaired) electrons. The van der Waals surface area contributed by atoms with E-state index in [-0.39, 0.29) is 17.9 Å². The van der Waals surface area contributed by atoms with Gasteiger partial charge >= 0.3 is 0 Å². The van der Waals surface area contributed by atoms with Gasteiger partial charge in [0.1, 0.15) is 0 Å². The molecule has 0 aliphatic heterocycles. The lowest BCUT2D eigenvalue weighted by Gasteiger charge is -2.22. The highest BCUT2D eigenvalue weighted by atomic mass is 16.5. The van der Waals surface area contributed by atoms with Crippen molar-refractivity contribution in [3.63, 3.8) is 0 Å². The second kappa shape index (κ2) is 9.47. The van der Waals surface area contributed by atoms with E-state index in [0.717, 1.165) is 22.0 Å². The van der Waals surface area contributed by atoms with Gasteiger partial charge in [0.2, 0.25) is 5.91 Å². The highest BCUT2D eigenvalue weighted by Crippen LogP contribution is 2.40. The predicted octanol–water partition coefficient (Wildman–Crippen LogP) is 3.56. The molecule has 4 N–H and O–H groups in total. The number of fused-ring (bicyclic) bond motifs is 1. The second-order valence-electron chi connectivity index (χ2n) is 7.24. The number of rotatable bonds is 9. The Labute approximate surface area is 171 Å². The molecule has 154 valence electrons. The van der Waals surface area contributed by atoms with Crippen molar-refractivity contribution in [2.24, 2.45) is 5.73 Å². The Morgan fingerprint density at radius 1 is 1.10 bits per heavy atom. The molecule has 3 aromatic rings. The van der Waals surface area contributed by atoms with Crippen molar-refractivity contribution >= 4 is 16.8 Å². The van der Waals surface area contributed by atoms with Crippen LogP contribution in [0.4, 0.5) is 0 Å². The number of nitrogens with one attached hydrogen (secondary N) is 2. The number of para-hydroxylation sites is 2. The van der Waals surface area contributed by atoms with Crippen LogP contribution in [0.2, 0.25) is 0 Å². The Morgan fingerprint density at radius 2 is 1.90 bits per heavy atom. The number of amides is 1. The highest BCUT2D eigenvalue weighted by molar-refractivity contribution is 5.84. The summed E-state index contributed by atoms with van der Waals surface area (Å²) in [4.78, 5) is 15.7. The average molecular weight is 396 g/mol. The minimum absolute atomic E-state index is 0.00337. The van der Waals surface area contributed by atoms with E-state index in [2.05, 4.69) is 16.4 Å². The number of aromatic nitrogens is 1. The third-order valence-corrected chi connectivity index (χ3v) is 5.14. The first-order valence-electron chi connectivity index (χ1n) is 9.84. The molecule has 29 heavy (non-hydrogen) atoms. The largest absolute Gasteiger partial charge is 0.493 e. The van der Waals surface area contributed by atoms with Crippen molar-refractivity contribution in [1.82, 2.24) is 10.3 Å². The molecule has 2 aromatic carbocycles. The lowest BCUT2D eigenvalue weighted by molar-refractivity contribution is -0.121. The zero-order chi connectivity index (χ0) is 20.8. The predicted molar refractivity (Wildman–Crippen MR) is 116 cm³/mol. The fourth-order valence-corrected chi connectivity index (χ4v) is 3.62. The van der Waals surface area contributed by atoms with Crippen LogP contribution in [0.3, 0.4) is 0 Å².